The molecule has 18 heavy (non-hydrogen) atoms. The number of nitrogen functional groups attached to an aromatic ring is 1. The molecule has 0 saturated carbocycles. The van der Waals surface area contributed by atoms with Crippen LogP contribution in [0.15, 0.2) is 24.3 Å². The Balaban J connectivity index is 2.16. The standard InChI is InChI=1S/C13H20N2O3/c1-2-17-9-10-18-8-7-13(16)15-12-6-4-3-5-11(12)14/h3-6H,2,7-10,14H2,1H3,(H,15,16). The normalized spacial score (nSPS) is 10.3. The molecule has 0 aliphatic rings. The van der Waals surface area contributed by atoms with Crippen molar-refractivity contribution in [3.05, 3.63) is 24.3 Å². The number of nitrogens with two attached hydrogens (primary N) is 1. The molecular weight excluding hydrogens is 232 g/mol. The minimum atomic E-state index is -0.107. The number of carbonyl (C=O) groups excluding carboxylic acids is 1. The summed E-state index contributed by atoms with van der Waals surface area (Å²) in [6.45, 7) is 4.05. The molecule has 0 heterocycles. The minimum Gasteiger partial charge on any atom is -0.397 e. The monoisotopic (exact) mass is 252 g/mol. The largest absolute Gasteiger partial charge is 0.397 e. The van der Waals surface area contributed by atoms with E-state index in [0.717, 1.165) is 0 Å². The quantitative estimate of drug-likeness (QED) is 0.545. The molecule has 0 aliphatic heterocycles. The molecule has 0 atom stereocenters. The third kappa shape index (κ3) is 5.65. The molecule has 3 N–H and O–H groups in total. The van der Waals surface area contributed by atoms with Crippen molar-refractivity contribution in [2.24, 2.45) is 0 Å². The van der Waals surface area contributed by atoms with Crippen molar-refractivity contribution in [2.75, 3.05) is 37.5 Å². The molecule has 1 rings (SSSR count). The molecule has 0 unspecified atom stereocenters. The molecule has 0 fully saturated rings. The number of ether oxygens (including phenoxy) is 2. The van der Waals surface area contributed by atoms with E-state index in [0.29, 0.717) is 44.2 Å². The van der Waals surface area contributed by atoms with Crippen LogP contribution in [0.25, 0.3) is 0 Å². The number of anilines is 2. The Labute approximate surface area is 107 Å². The highest BCUT2D eigenvalue weighted by Gasteiger charge is 2.04. The van der Waals surface area contributed by atoms with E-state index in [-0.39, 0.29) is 5.91 Å². The summed E-state index contributed by atoms with van der Waals surface area (Å²) in [5, 5.41) is 2.74. The third-order valence-corrected chi connectivity index (χ3v) is 2.28. The lowest BCUT2D eigenvalue weighted by molar-refractivity contribution is -0.117. The molecule has 0 bridgehead atoms. The second kappa shape index (κ2) is 8.49. The van der Waals surface area contributed by atoms with Gasteiger partial charge in [-0.1, -0.05) is 12.1 Å². The molecule has 1 amide bonds. The zero-order chi connectivity index (χ0) is 13.2. The van der Waals surface area contributed by atoms with Crippen LogP contribution in [0.5, 0.6) is 0 Å². The minimum absolute atomic E-state index is 0.107. The fourth-order valence-corrected chi connectivity index (χ4v) is 1.35. The van der Waals surface area contributed by atoms with Gasteiger partial charge in [0.05, 0.1) is 37.6 Å². The Kier molecular flexibility index (Phi) is 6.83. The van der Waals surface area contributed by atoms with E-state index in [1.54, 1.807) is 12.1 Å². The van der Waals surface area contributed by atoms with Crippen LogP contribution >= 0.6 is 0 Å². The number of nitrogens with one attached hydrogen (secondary N) is 1. The zero-order valence-electron chi connectivity index (χ0n) is 10.6. The number of hydrogen-bond donors (Lipinski definition) is 2. The molecule has 1 aromatic carbocycles. The molecule has 1 aromatic rings. The Hall–Kier alpha value is -1.59. The van der Waals surface area contributed by atoms with E-state index in [2.05, 4.69) is 5.32 Å². The van der Waals surface area contributed by atoms with Crippen LogP contribution in [-0.2, 0) is 14.3 Å². The van der Waals surface area contributed by atoms with Crippen molar-refractivity contribution in [3.63, 3.8) is 0 Å². The van der Waals surface area contributed by atoms with Crippen molar-refractivity contribution < 1.29 is 14.3 Å². The topological polar surface area (TPSA) is 73.6 Å². The summed E-state index contributed by atoms with van der Waals surface area (Å²) in [4.78, 5) is 11.6. The van der Waals surface area contributed by atoms with Crippen LogP contribution in [-0.4, -0.2) is 32.3 Å². The first-order valence-corrected chi connectivity index (χ1v) is 6.04. The summed E-state index contributed by atoms with van der Waals surface area (Å²) in [7, 11) is 0. The Bertz CT molecular complexity index is 369. The van der Waals surface area contributed by atoms with Crippen LogP contribution in [0.4, 0.5) is 11.4 Å². The fraction of sp³-hybridized carbons (Fsp3) is 0.462. The second-order valence-electron chi connectivity index (χ2n) is 3.69. The van der Waals surface area contributed by atoms with E-state index in [4.69, 9.17) is 15.2 Å². The Morgan fingerprint density at radius 2 is 1.94 bits per heavy atom. The van der Waals surface area contributed by atoms with Crippen molar-refractivity contribution in [3.8, 4) is 0 Å². The van der Waals surface area contributed by atoms with Gasteiger partial charge in [0.2, 0.25) is 5.91 Å². The highest BCUT2D eigenvalue weighted by molar-refractivity contribution is 5.93. The number of carbonyl (C=O) groups is 1. The van der Waals surface area contributed by atoms with E-state index in [1.807, 2.05) is 19.1 Å². The summed E-state index contributed by atoms with van der Waals surface area (Å²) in [6.07, 6.45) is 0.306. The number of hydrogen-bond acceptors (Lipinski definition) is 4. The van der Waals surface area contributed by atoms with E-state index in [9.17, 15) is 4.79 Å². The smallest absolute Gasteiger partial charge is 0.226 e. The molecular formula is C13H20N2O3. The molecule has 5 heteroatoms. The van der Waals surface area contributed by atoms with Crippen molar-refractivity contribution >= 4 is 17.3 Å². The first kappa shape index (κ1) is 14.5. The first-order chi connectivity index (χ1) is 8.74. The van der Waals surface area contributed by atoms with Crippen molar-refractivity contribution in [1.82, 2.24) is 0 Å². The Morgan fingerprint density at radius 3 is 2.67 bits per heavy atom. The van der Waals surface area contributed by atoms with Crippen molar-refractivity contribution in [1.29, 1.82) is 0 Å². The summed E-state index contributed by atoms with van der Waals surface area (Å²) >= 11 is 0. The highest BCUT2D eigenvalue weighted by Crippen LogP contribution is 2.16. The lowest BCUT2D eigenvalue weighted by Crippen LogP contribution is -2.16. The van der Waals surface area contributed by atoms with Crippen LogP contribution in [0.3, 0.4) is 0 Å². The van der Waals surface area contributed by atoms with Gasteiger partial charge in [-0.05, 0) is 19.1 Å². The van der Waals surface area contributed by atoms with Gasteiger partial charge in [-0.25, -0.2) is 0 Å². The first-order valence-electron chi connectivity index (χ1n) is 6.04. The number of para-hydroxylation sites is 2. The highest BCUT2D eigenvalue weighted by atomic mass is 16.5. The third-order valence-electron chi connectivity index (χ3n) is 2.28. The predicted molar refractivity (Wildman–Crippen MR) is 71.4 cm³/mol. The van der Waals surface area contributed by atoms with Gasteiger partial charge in [0, 0.05) is 6.61 Å². The molecule has 0 aromatic heterocycles. The van der Waals surface area contributed by atoms with Crippen LogP contribution < -0.4 is 11.1 Å². The Morgan fingerprint density at radius 1 is 1.22 bits per heavy atom. The van der Waals surface area contributed by atoms with Crippen LogP contribution in [0, 0.1) is 0 Å². The van der Waals surface area contributed by atoms with Crippen LogP contribution in [0.1, 0.15) is 13.3 Å². The van der Waals surface area contributed by atoms with Gasteiger partial charge in [0.25, 0.3) is 0 Å². The number of amides is 1. The maximum atomic E-state index is 11.6. The molecule has 5 nitrogen and oxygen atoms in total. The number of benzene rings is 1. The zero-order valence-corrected chi connectivity index (χ0v) is 10.6. The average Bonchev–Trinajstić information content (AvgIpc) is 2.36. The fourth-order valence-electron chi connectivity index (χ4n) is 1.35. The van der Waals surface area contributed by atoms with Gasteiger partial charge in [-0.3, -0.25) is 4.79 Å². The van der Waals surface area contributed by atoms with E-state index < -0.39 is 0 Å². The summed E-state index contributed by atoms with van der Waals surface area (Å²) in [5.41, 5.74) is 6.91. The molecule has 0 aliphatic carbocycles. The second-order valence-corrected chi connectivity index (χ2v) is 3.69. The predicted octanol–water partition coefficient (Wildman–Crippen LogP) is 1.65. The van der Waals surface area contributed by atoms with Crippen molar-refractivity contribution in [2.45, 2.75) is 13.3 Å². The molecule has 0 radical (unpaired) electrons. The lowest BCUT2D eigenvalue weighted by atomic mass is 10.2. The van der Waals surface area contributed by atoms with Gasteiger partial charge in [0.15, 0.2) is 0 Å². The average molecular weight is 252 g/mol. The summed E-state index contributed by atoms with van der Waals surface area (Å²) in [5.74, 6) is -0.107. The SMILES string of the molecule is CCOCCOCCC(=O)Nc1ccccc1N. The molecule has 0 spiro atoms. The lowest BCUT2D eigenvalue weighted by Gasteiger charge is -2.08. The maximum absolute atomic E-state index is 11.6. The van der Waals surface area contributed by atoms with E-state index in [1.165, 1.54) is 0 Å². The molecule has 100 valence electrons. The van der Waals surface area contributed by atoms with Gasteiger partial charge in [-0.2, -0.15) is 0 Å². The number of rotatable bonds is 8. The molecule has 0 saturated heterocycles. The van der Waals surface area contributed by atoms with Gasteiger partial charge in [0.1, 0.15) is 0 Å². The van der Waals surface area contributed by atoms with Crippen LogP contribution in [0.2, 0.25) is 0 Å². The maximum Gasteiger partial charge on any atom is 0.226 e. The van der Waals surface area contributed by atoms with E-state index >= 15 is 0 Å². The van der Waals surface area contributed by atoms with Gasteiger partial charge >= 0.3 is 0 Å². The summed E-state index contributed by atoms with van der Waals surface area (Å²) in [6, 6.07) is 7.16. The van der Waals surface area contributed by atoms with Gasteiger partial charge in [-0.15, -0.1) is 0 Å². The summed E-state index contributed by atoms with van der Waals surface area (Å²) < 4.78 is 10.4. The van der Waals surface area contributed by atoms with Gasteiger partial charge < -0.3 is 20.5 Å².